The van der Waals surface area contributed by atoms with E-state index in [2.05, 4.69) is 20.3 Å². The summed E-state index contributed by atoms with van der Waals surface area (Å²) in [5.74, 6) is 0.342. The summed E-state index contributed by atoms with van der Waals surface area (Å²) >= 11 is 1.11. The molecule has 0 radical (unpaired) electrons. The topological polar surface area (TPSA) is 71.0 Å². The lowest BCUT2D eigenvalue weighted by molar-refractivity contribution is -0.141. The van der Waals surface area contributed by atoms with E-state index in [1.54, 1.807) is 42.4 Å². The van der Waals surface area contributed by atoms with Gasteiger partial charge in [-0.1, -0.05) is 60.3 Å². The van der Waals surface area contributed by atoms with Crippen molar-refractivity contribution in [3.63, 3.8) is 0 Å². The van der Waals surface area contributed by atoms with Gasteiger partial charge < -0.3 is 10.2 Å². The Morgan fingerprint density at radius 3 is 2.37 bits per heavy atom. The fourth-order valence-electron chi connectivity index (χ4n) is 3.61. The molecule has 1 N–H and O–H groups in total. The van der Waals surface area contributed by atoms with Gasteiger partial charge in [-0.15, -0.1) is 0 Å². The van der Waals surface area contributed by atoms with Crippen molar-refractivity contribution in [1.29, 1.82) is 0 Å². The van der Waals surface area contributed by atoms with Crippen molar-refractivity contribution in [2.75, 3.05) is 18.5 Å². The number of hydrogen-bond acceptors (Lipinski definition) is 6. The highest BCUT2D eigenvalue weighted by Gasteiger charge is 2.34. The Hall–Kier alpha value is -3.92. The number of pyridine rings is 1. The molecule has 10 heteroatoms. The summed E-state index contributed by atoms with van der Waals surface area (Å²) in [5.41, 5.74) is 2.20. The van der Waals surface area contributed by atoms with Gasteiger partial charge in [0.25, 0.3) is 5.91 Å². The van der Waals surface area contributed by atoms with Crippen LogP contribution in [-0.2, 0) is 24.9 Å². The average molecular weight is 538 g/mol. The van der Waals surface area contributed by atoms with Crippen LogP contribution in [0.1, 0.15) is 32.9 Å². The Morgan fingerprint density at radius 2 is 1.68 bits per heavy atom. The van der Waals surface area contributed by atoms with E-state index in [0.717, 1.165) is 34.6 Å². The Labute approximate surface area is 223 Å². The van der Waals surface area contributed by atoms with E-state index in [9.17, 15) is 18.0 Å². The van der Waals surface area contributed by atoms with E-state index >= 15 is 0 Å². The van der Waals surface area contributed by atoms with E-state index < -0.39 is 11.9 Å². The number of carbonyl (C=O) groups is 1. The van der Waals surface area contributed by atoms with Gasteiger partial charge in [0.05, 0.1) is 0 Å². The molecule has 1 amide bonds. The number of thioether (sulfide) groups is 1. The van der Waals surface area contributed by atoms with Gasteiger partial charge >= 0.3 is 6.18 Å². The third-order valence-corrected chi connectivity index (χ3v) is 6.53. The zero-order chi connectivity index (χ0) is 27.0. The molecule has 196 valence electrons. The second kappa shape index (κ2) is 12.6. The van der Waals surface area contributed by atoms with Gasteiger partial charge in [-0.25, -0.2) is 9.97 Å². The number of amides is 1. The molecule has 0 spiro atoms. The highest BCUT2D eigenvalue weighted by molar-refractivity contribution is 7.98. The molecule has 0 aliphatic rings. The lowest BCUT2D eigenvalue weighted by Gasteiger charge is -2.20. The molecular formula is C28H26F3N5OS. The molecule has 0 unspecified atom stereocenters. The smallest absolute Gasteiger partial charge is 0.355 e. The number of halogens is 3. The van der Waals surface area contributed by atoms with E-state index in [0.29, 0.717) is 30.8 Å². The minimum atomic E-state index is -4.59. The Morgan fingerprint density at radius 1 is 0.947 bits per heavy atom. The van der Waals surface area contributed by atoms with E-state index in [4.69, 9.17) is 0 Å². The zero-order valence-corrected chi connectivity index (χ0v) is 21.5. The van der Waals surface area contributed by atoms with Crippen molar-refractivity contribution in [2.24, 2.45) is 0 Å². The molecule has 0 atom stereocenters. The van der Waals surface area contributed by atoms with Crippen LogP contribution in [-0.4, -0.2) is 34.5 Å². The lowest BCUT2D eigenvalue weighted by Crippen LogP contribution is -2.25. The number of hydrogen-bond donors (Lipinski definition) is 1. The third-order valence-electron chi connectivity index (χ3n) is 5.61. The number of aromatic nitrogens is 3. The van der Waals surface area contributed by atoms with Crippen molar-refractivity contribution in [1.82, 2.24) is 20.3 Å². The third kappa shape index (κ3) is 7.79. The summed E-state index contributed by atoms with van der Waals surface area (Å²) in [4.78, 5) is 26.4. The van der Waals surface area contributed by atoms with Crippen LogP contribution in [0, 0.1) is 0 Å². The van der Waals surface area contributed by atoms with Crippen LogP contribution < -0.4 is 10.2 Å². The van der Waals surface area contributed by atoms with E-state index in [1.165, 1.54) is 0 Å². The molecule has 0 fully saturated rings. The van der Waals surface area contributed by atoms with Crippen LogP contribution in [0.15, 0.2) is 90.2 Å². The van der Waals surface area contributed by atoms with Crippen molar-refractivity contribution >= 4 is 23.5 Å². The van der Waals surface area contributed by atoms with Gasteiger partial charge in [0.2, 0.25) is 0 Å². The molecule has 0 aliphatic heterocycles. The van der Waals surface area contributed by atoms with Crippen LogP contribution in [0.25, 0.3) is 0 Å². The van der Waals surface area contributed by atoms with Gasteiger partial charge in [-0.2, -0.15) is 13.2 Å². The summed E-state index contributed by atoms with van der Waals surface area (Å²) in [6, 6.07) is 23.0. The molecule has 0 saturated heterocycles. The van der Waals surface area contributed by atoms with E-state index in [1.807, 2.05) is 48.5 Å². The van der Waals surface area contributed by atoms with Crippen LogP contribution in [0.4, 0.5) is 19.0 Å². The van der Waals surface area contributed by atoms with Crippen LogP contribution in [0.2, 0.25) is 0 Å². The standard InChI is InChI=1S/C28H26F3N5OS/c1-36(18-20-7-3-2-4-8-20)25-17-24(28(29,30)31)34-27(35-25)38-19-21-10-12-22(13-11-21)26(37)33-16-14-23-9-5-6-15-32-23/h2-13,15,17H,14,16,18-19H2,1H3,(H,33,37). The number of alkyl halides is 3. The first kappa shape index (κ1) is 27.1. The molecule has 4 aromatic rings. The summed E-state index contributed by atoms with van der Waals surface area (Å²) in [6.07, 6.45) is -2.25. The van der Waals surface area contributed by atoms with Gasteiger partial charge in [-0.3, -0.25) is 9.78 Å². The second-order valence-corrected chi connectivity index (χ2v) is 9.49. The summed E-state index contributed by atoms with van der Waals surface area (Å²) in [5, 5.41) is 2.90. The lowest BCUT2D eigenvalue weighted by atomic mass is 10.1. The summed E-state index contributed by atoms with van der Waals surface area (Å²) in [6.45, 7) is 0.867. The summed E-state index contributed by atoms with van der Waals surface area (Å²) < 4.78 is 40.6. The molecule has 4 rings (SSSR count). The fraction of sp³-hybridized carbons (Fsp3) is 0.214. The molecule has 0 aliphatic carbocycles. The van der Waals surface area contributed by atoms with Crippen molar-refractivity contribution in [2.45, 2.75) is 30.1 Å². The number of nitrogens with zero attached hydrogens (tertiary/aromatic N) is 4. The van der Waals surface area contributed by atoms with Gasteiger partial charge in [0.1, 0.15) is 5.82 Å². The van der Waals surface area contributed by atoms with Crippen LogP contribution in [0.5, 0.6) is 0 Å². The van der Waals surface area contributed by atoms with Gasteiger partial charge in [0, 0.05) is 55.8 Å². The fourth-order valence-corrected chi connectivity index (χ4v) is 4.42. The Balaban J connectivity index is 1.38. The maximum atomic E-state index is 13.5. The molecule has 2 aromatic heterocycles. The highest BCUT2D eigenvalue weighted by Crippen LogP contribution is 2.32. The molecule has 2 aromatic carbocycles. The van der Waals surface area contributed by atoms with Gasteiger partial charge in [0.15, 0.2) is 10.9 Å². The number of nitrogens with one attached hydrogen (secondary N) is 1. The normalized spacial score (nSPS) is 11.3. The SMILES string of the molecule is CN(Cc1ccccc1)c1cc(C(F)(F)F)nc(SCc2ccc(C(=O)NCCc3ccccn3)cc2)n1. The quantitative estimate of drug-likeness (QED) is 0.204. The first-order valence-electron chi connectivity index (χ1n) is 11.9. The molecule has 2 heterocycles. The molecule has 6 nitrogen and oxygen atoms in total. The number of benzene rings is 2. The highest BCUT2D eigenvalue weighted by atomic mass is 32.2. The van der Waals surface area contributed by atoms with Crippen molar-refractivity contribution in [3.05, 3.63) is 113 Å². The first-order chi connectivity index (χ1) is 18.3. The Kier molecular flexibility index (Phi) is 8.96. The predicted molar refractivity (Wildman–Crippen MR) is 142 cm³/mol. The molecule has 0 saturated carbocycles. The number of anilines is 1. The zero-order valence-electron chi connectivity index (χ0n) is 20.7. The summed E-state index contributed by atoms with van der Waals surface area (Å²) in [7, 11) is 1.70. The predicted octanol–water partition coefficient (Wildman–Crippen LogP) is 5.79. The average Bonchev–Trinajstić information content (AvgIpc) is 2.92. The minimum Gasteiger partial charge on any atom is -0.355 e. The van der Waals surface area contributed by atoms with Crippen LogP contribution >= 0.6 is 11.8 Å². The van der Waals surface area contributed by atoms with Crippen molar-refractivity contribution < 1.29 is 18.0 Å². The monoisotopic (exact) mass is 537 g/mol. The van der Waals surface area contributed by atoms with Gasteiger partial charge in [-0.05, 0) is 35.4 Å². The Bertz CT molecular complexity index is 1340. The molecule has 0 bridgehead atoms. The minimum absolute atomic E-state index is 0.0334. The van der Waals surface area contributed by atoms with Crippen molar-refractivity contribution in [3.8, 4) is 0 Å². The molecular weight excluding hydrogens is 511 g/mol. The van der Waals surface area contributed by atoms with E-state index in [-0.39, 0.29) is 16.9 Å². The maximum Gasteiger partial charge on any atom is 0.433 e. The van der Waals surface area contributed by atoms with Crippen LogP contribution in [0.3, 0.4) is 0 Å². The second-order valence-electron chi connectivity index (χ2n) is 8.55. The largest absolute Gasteiger partial charge is 0.433 e. The first-order valence-corrected chi connectivity index (χ1v) is 12.9. The molecule has 38 heavy (non-hydrogen) atoms. The number of carbonyl (C=O) groups excluding carboxylic acids is 1. The number of rotatable bonds is 10. The maximum absolute atomic E-state index is 13.5.